The summed E-state index contributed by atoms with van der Waals surface area (Å²) in [5.74, 6) is 1.51. The van der Waals surface area contributed by atoms with E-state index in [0.29, 0.717) is 18.0 Å². The number of carbonyl (C=O) groups excluding carboxylic acids is 1. The maximum atomic E-state index is 12.2. The van der Waals surface area contributed by atoms with Gasteiger partial charge in [0.15, 0.2) is 4.34 Å². The minimum absolute atomic E-state index is 0.00218. The fraction of sp³-hybridized carbons (Fsp3) is 0.481. The average Bonchev–Trinajstić information content (AvgIpc) is 3.67. The Morgan fingerprint density at radius 2 is 2.10 bits per heavy atom. The first-order chi connectivity index (χ1) is 19.1. The molecule has 1 aromatic carbocycles. The number of hydrogen-bond donors (Lipinski definition) is 2. The van der Waals surface area contributed by atoms with Crippen LogP contribution in [0.3, 0.4) is 0 Å². The molecule has 4 heterocycles. The molecular weight excluding hydrogens is 536 g/mol. The summed E-state index contributed by atoms with van der Waals surface area (Å²) in [4.78, 5) is 19.4. The minimum atomic E-state index is -0.473. The monoisotopic (exact) mass is 570 g/mol. The Bertz CT molecular complexity index is 1230. The number of pyridine rings is 1. The lowest BCUT2D eigenvalue weighted by Crippen LogP contribution is -2.36. The molecule has 2 aliphatic heterocycles. The molecule has 0 bridgehead atoms. The van der Waals surface area contributed by atoms with Gasteiger partial charge in [-0.1, -0.05) is 42.2 Å². The molecule has 208 valence electrons. The van der Waals surface area contributed by atoms with Crippen LogP contribution < -0.4 is 15.5 Å². The van der Waals surface area contributed by atoms with Gasteiger partial charge in [0, 0.05) is 49.4 Å². The molecule has 12 heteroatoms. The van der Waals surface area contributed by atoms with Crippen molar-refractivity contribution in [1.29, 1.82) is 0 Å². The van der Waals surface area contributed by atoms with Gasteiger partial charge in [-0.3, -0.25) is 5.32 Å². The van der Waals surface area contributed by atoms with Crippen LogP contribution in [0.1, 0.15) is 36.0 Å². The van der Waals surface area contributed by atoms with E-state index >= 15 is 0 Å². The van der Waals surface area contributed by atoms with Crippen LogP contribution in [0.2, 0.25) is 0 Å². The van der Waals surface area contributed by atoms with Crippen molar-refractivity contribution in [3.63, 3.8) is 0 Å². The maximum absolute atomic E-state index is 12.2. The van der Waals surface area contributed by atoms with Crippen molar-refractivity contribution in [2.75, 3.05) is 55.1 Å². The molecule has 2 saturated heterocycles. The van der Waals surface area contributed by atoms with Crippen LogP contribution in [0.15, 0.2) is 40.7 Å². The third-order valence-electron chi connectivity index (χ3n) is 6.40. The van der Waals surface area contributed by atoms with Crippen molar-refractivity contribution < 1.29 is 19.0 Å². The molecule has 39 heavy (non-hydrogen) atoms. The largest absolute Gasteiger partial charge is 0.447 e. The molecule has 0 spiro atoms. The highest BCUT2D eigenvalue weighted by molar-refractivity contribution is 8.00. The summed E-state index contributed by atoms with van der Waals surface area (Å²) in [6.45, 7) is 6.79. The van der Waals surface area contributed by atoms with Gasteiger partial charge in [-0.15, -0.1) is 10.2 Å². The smallest absolute Gasteiger partial charge is 0.411 e. The first kappa shape index (κ1) is 27.6. The van der Waals surface area contributed by atoms with Crippen molar-refractivity contribution in [3.05, 3.63) is 52.7 Å². The molecule has 2 fully saturated rings. The molecule has 0 aliphatic carbocycles. The number of rotatable bonds is 11. The highest BCUT2D eigenvalue weighted by Crippen LogP contribution is 2.29. The van der Waals surface area contributed by atoms with Gasteiger partial charge in [-0.2, -0.15) is 0 Å². The van der Waals surface area contributed by atoms with Crippen LogP contribution in [0.25, 0.3) is 0 Å². The number of ether oxygens (including phenoxy) is 3. The Kier molecular flexibility index (Phi) is 9.86. The summed E-state index contributed by atoms with van der Waals surface area (Å²) in [6.07, 6.45) is 2.36. The minimum Gasteiger partial charge on any atom is -0.447 e. The number of aromatic nitrogens is 3. The Morgan fingerprint density at radius 3 is 2.90 bits per heavy atom. The zero-order chi connectivity index (χ0) is 26.9. The van der Waals surface area contributed by atoms with Gasteiger partial charge in [0.05, 0.1) is 25.0 Å². The van der Waals surface area contributed by atoms with Crippen molar-refractivity contribution in [2.24, 2.45) is 0 Å². The van der Waals surface area contributed by atoms with Crippen LogP contribution in [0.4, 0.5) is 22.0 Å². The summed E-state index contributed by atoms with van der Waals surface area (Å²) in [7, 11) is 0. The SMILES string of the molecule is CCc1nnc(SCc2cc(N3CCOCC3)cc(NCc3cccc(NC(=O)OCC4CCCO4)c3)n2)s1. The second kappa shape index (κ2) is 13.9. The number of aryl methyl sites for hydroxylation is 1. The summed E-state index contributed by atoms with van der Waals surface area (Å²) < 4.78 is 17.3. The van der Waals surface area contributed by atoms with Gasteiger partial charge >= 0.3 is 6.09 Å². The van der Waals surface area contributed by atoms with E-state index in [9.17, 15) is 4.79 Å². The number of benzene rings is 1. The van der Waals surface area contributed by atoms with E-state index in [2.05, 4.69) is 44.8 Å². The zero-order valence-corrected chi connectivity index (χ0v) is 23.7. The van der Waals surface area contributed by atoms with E-state index < -0.39 is 6.09 Å². The summed E-state index contributed by atoms with van der Waals surface area (Å²) in [6, 6.07) is 11.9. The molecule has 2 aromatic heterocycles. The Balaban J connectivity index is 1.21. The van der Waals surface area contributed by atoms with E-state index in [0.717, 1.165) is 84.3 Å². The number of anilines is 3. The number of hydrogen-bond acceptors (Lipinski definition) is 11. The molecule has 2 aliphatic rings. The highest BCUT2D eigenvalue weighted by atomic mass is 32.2. The van der Waals surface area contributed by atoms with E-state index in [1.807, 2.05) is 24.3 Å². The van der Waals surface area contributed by atoms with Gasteiger partial charge < -0.3 is 24.4 Å². The van der Waals surface area contributed by atoms with Crippen LogP contribution in [0, 0.1) is 0 Å². The molecule has 5 rings (SSSR count). The predicted molar refractivity (Wildman–Crippen MR) is 154 cm³/mol. The quantitative estimate of drug-likeness (QED) is 0.307. The molecule has 3 aromatic rings. The van der Waals surface area contributed by atoms with Gasteiger partial charge in [-0.25, -0.2) is 9.78 Å². The third-order valence-corrected chi connectivity index (χ3v) is 8.64. The second-order valence-electron chi connectivity index (χ2n) is 9.32. The van der Waals surface area contributed by atoms with Gasteiger partial charge in [-0.05, 0) is 43.0 Å². The van der Waals surface area contributed by atoms with Gasteiger partial charge in [0.25, 0.3) is 0 Å². The first-order valence-electron chi connectivity index (χ1n) is 13.3. The Labute approximate surface area is 236 Å². The first-order valence-corrected chi connectivity index (χ1v) is 15.1. The lowest BCUT2D eigenvalue weighted by Gasteiger charge is -2.29. The Hall–Kier alpha value is -2.93. The number of nitrogens with one attached hydrogen (secondary N) is 2. The van der Waals surface area contributed by atoms with Crippen molar-refractivity contribution in [2.45, 2.75) is 48.9 Å². The molecule has 0 saturated carbocycles. The number of carbonyl (C=O) groups is 1. The predicted octanol–water partition coefficient (Wildman–Crippen LogP) is 4.96. The fourth-order valence-electron chi connectivity index (χ4n) is 4.37. The number of morpholine rings is 1. The molecule has 1 amide bonds. The van der Waals surface area contributed by atoms with Gasteiger partial charge in [0.2, 0.25) is 0 Å². The van der Waals surface area contributed by atoms with E-state index in [-0.39, 0.29) is 12.7 Å². The lowest BCUT2D eigenvalue weighted by molar-refractivity contribution is 0.0484. The number of nitrogens with zero attached hydrogens (tertiary/aromatic N) is 4. The molecular formula is C27H34N6O4S2. The van der Waals surface area contributed by atoms with Gasteiger partial charge in [0.1, 0.15) is 17.4 Å². The van der Waals surface area contributed by atoms with Crippen molar-refractivity contribution in [3.8, 4) is 0 Å². The number of thioether (sulfide) groups is 1. The fourth-order valence-corrected chi connectivity index (χ4v) is 6.09. The standard InChI is InChI=1S/C27H34N6O4S2/c1-2-25-31-32-27(39-25)38-18-21-14-22(33-8-11-35-12-9-33)15-24(29-21)28-16-19-5-3-6-20(13-19)30-26(34)37-17-23-7-4-10-36-23/h3,5-6,13-15,23H,2,4,7-12,16-18H2,1H3,(H,28,29)(H,30,34). The summed E-state index contributed by atoms with van der Waals surface area (Å²) in [5, 5.41) is 15.8. The van der Waals surface area contributed by atoms with E-state index in [4.69, 9.17) is 19.2 Å². The molecule has 1 atom stereocenters. The van der Waals surface area contributed by atoms with Crippen LogP contribution in [0.5, 0.6) is 0 Å². The molecule has 0 radical (unpaired) electrons. The highest BCUT2D eigenvalue weighted by Gasteiger charge is 2.18. The normalized spacial score (nSPS) is 17.3. The van der Waals surface area contributed by atoms with E-state index in [1.165, 1.54) is 0 Å². The average molecular weight is 571 g/mol. The summed E-state index contributed by atoms with van der Waals surface area (Å²) >= 11 is 3.30. The second-order valence-corrected chi connectivity index (χ2v) is 11.6. The third kappa shape index (κ3) is 8.28. The van der Waals surface area contributed by atoms with Crippen LogP contribution >= 0.6 is 23.1 Å². The van der Waals surface area contributed by atoms with Crippen molar-refractivity contribution >= 4 is 46.4 Å². The zero-order valence-electron chi connectivity index (χ0n) is 22.1. The molecule has 1 unspecified atom stereocenters. The summed E-state index contributed by atoms with van der Waals surface area (Å²) in [5.41, 5.74) is 3.80. The van der Waals surface area contributed by atoms with Crippen LogP contribution in [-0.2, 0) is 32.9 Å². The maximum Gasteiger partial charge on any atom is 0.411 e. The van der Waals surface area contributed by atoms with Crippen LogP contribution in [-0.4, -0.2) is 66.9 Å². The topological polar surface area (TPSA) is 111 Å². The lowest BCUT2D eigenvalue weighted by atomic mass is 10.2. The van der Waals surface area contributed by atoms with E-state index in [1.54, 1.807) is 23.1 Å². The Morgan fingerprint density at radius 1 is 1.21 bits per heavy atom. The molecule has 10 nitrogen and oxygen atoms in total. The van der Waals surface area contributed by atoms with Crippen molar-refractivity contribution in [1.82, 2.24) is 15.2 Å². The number of amides is 1. The molecule has 2 N–H and O–H groups in total.